The molecule has 0 amide bonds. The summed E-state index contributed by atoms with van der Waals surface area (Å²) >= 11 is 0. The minimum absolute atomic E-state index is 0.381. The molecule has 0 aliphatic carbocycles. The summed E-state index contributed by atoms with van der Waals surface area (Å²) in [4.78, 5) is 12.4. The first kappa shape index (κ1) is 18.3. The maximum Gasteiger partial charge on any atom is 0.343 e. The van der Waals surface area contributed by atoms with Gasteiger partial charge in [-0.05, 0) is 53.6 Å². The largest absolute Gasteiger partial charge is 0.497 e. The van der Waals surface area contributed by atoms with Crippen LogP contribution in [0.1, 0.15) is 10.4 Å². The molecule has 0 atom stereocenters. The van der Waals surface area contributed by atoms with Gasteiger partial charge in [0, 0.05) is 0 Å². The molecule has 0 saturated heterocycles. The number of hydrogen-bond donors (Lipinski definition) is 0. The Kier molecular flexibility index (Phi) is 5.61. The van der Waals surface area contributed by atoms with Crippen molar-refractivity contribution in [3.63, 3.8) is 0 Å². The van der Waals surface area contributed by atoms with E-state index in [1.165, 1.54) is 7.11 Å². The van der Waals surface area contributed by atoms with E-state index in [-0.39, 0.29) is 0 Å². The molecule has 0 heterocycles. The lowest BCUT2D eigenvalue weighted by atomic mass is 10.1. The summed E-state index contributed by atoms with van der Waals surface area (Å²) in [5, 5.41) is 0. The second-order valence-corrected chi connectivity index (χ2v) is 5.71. The Labute approximate surface area is 158 Å². The Morgan fingerprint density at radius 2 is 1.19 bits per heavy atom. The monoisotopic (exact) mass is 364 g/mol. The van der Waals surface area contributed by atoms with Crippen molar-refractivity contribution in [2.24, 2.45) is 0 Å². The molecule has 0 N–H and O–H groups in total. The molecule has 0 bridgehead atoms. The van der Waals surface area contributed by atoms with Crippen LogP contribution in [0, 0.1) is 0 Å². The Balaban J connectivity index is 1.73. The van der Waals surface area contributed by atoms with Crippen molar-refractivity contribution in [1.29, 1.82) is 0 Å². The van der Waals surface area contributed by atoms with E-state index >= 15 is 0 Å². The van der Waals surface area contributed by atoms with Crippen LogP contribution in [0.3, 0.4) is 0 Å². The average molecular weight is 364 g/mol. The second-order valence-electron chi connectivity index (χ2n) is 5.71. The quantitative estimate of drug-likeness (QED) is 0.473. The van der Waals surface area contributed by atoms with E-state index in [2.05, 4.69) is 0 Å². The maximum absolute atomic E-state index is 12.4. The van der Waals surface area contributed by atoms with Crippen LogP contribution < -0.4 is 18.9 Å². The Bertz CT molecular complexity index is 914. The molecule has 5 nitrogen and oxygen atoms in total. The van der Waals surface area contributed by atoms with E-state index in [4.69, 9.17) is 18.9 Å². The molecule has 5 heteroatoms. The third kappa shape index (κ3) is 4.20. The first-order chi connectivity index (χ1) is 13.1. The van der Waals surface area contributed by atoms with Crippen LogP contribution in [0.25, 0.3) is 11.1 Å². The number of benzene rings is 3. The standard InChI is InChI=1S/C22H20O5/c1-24-18-9-4-15(5-10-18)16-6-11-19(12-7-16)27-22(23)17-8-13-20(25-2)21(14-17)26-3/h4-14H,1-3H3. The number of carbonyl (C=O) groups is 1. The lowest BCUT2D eigenvalue weighted by molar-refractivity contribution is 0.0734. The highest BCUT2D eigenvalue weighted by atomic mass is 16.5. The van der Waals surface area contributed by atoms with Gasteiger partial charge in [0.25, 0.3) is 0 Å². The van der Waals surface area contributed by atoms with Crippen LogP contribution >= 0.6 is 0 Å². The van der Waals surface area contributed by atoms with Gasteiger partial charge in [-0.25, -0.2) is 4.79 Å². The van der Waals surface area contributed by atoms with E-state index in [9.17, 15) is 4.79 Å². The van der Waals surface area contributed by atoms with Crippen molar-refractivity contribution in [3.8, 4) is 34.1 Å². The average Bonchev–Trinajstić information content (AvgIpc) is 2.73. The molecule has 0 radical (unpaired) electrons. The lowest BCUT2D eigenvalue weighted by Crippen LogP contribution is -2.08. The maximum atomic E-state index is 12.4. The SMILES string of the molecule is COc1ccc(-c2ccc(OC(=O)c3ccc(OC)c(OC)c3)cc2)cc1. The van der Waals surface area contributed by atoms with Gasteiger partial charge in [0.05, 0.1) is 26.9 Å². The third-order valence-electron chi connectivity index (χ3n) is 4.11. The molecule has 3 aromatic carbocycles. The van der Waals surface area contributed by atoms with Crippen LogP contribution in [0.2, 0.25) is 0 Å². The molecule has 0 unspecified atom stereocenters. The van der Waals surface area contributed by atoms with Crippen LogP contribution in [0.4, 0.5) is 0 Å². The second kappa shape index (κ2) is 8.27. The number of ether oxygens (including phenoxy) is 4. The molecule has 27 heavy (non-hydrogen) atoms. The summed E-state index contributed by atoms with van der Waals surface area (Å²) in [6.45, 7) is 0. The van der Waals surface area contributed by atoms with Crippen molar-refractivity contribution in [1.82, 2.24) is 0 Å². The summed E-state index contributed by atoms with van der Waals surface area (Å²) in [5.41, 5.74) is 2.45. The smallest absolute Gasteiger partial charge is 0.343 e. The zero-order valence-electron chi connectivity index (χ0n) is 15.4. The van der Waals surface area contributed by atoms with Crippen molar-refractivity contribution in [2.45, 2.75) is 0 Å². The van der Waals surface area contributed by atoms with Crippen LogP contribution in [-0.4, -0.2) is 27.3 Å². The molecular weight excluding hydrogens is 344 g/mol. The lowest BCUT2D eigenvalue weighted by Gasteiger charge is -2.10. The minimum atomic E-state index is -0.465. The van der Waals surface area contributed by atoms with E-state index in [0.29, 0.717) is 22.8 Å². The number of hydrogen-bond acceptors (Lipinski definition) is 5. The van der Waals surface area contributed by atoms with E-state index < -0.39 is 5.97 Å². The predicted octanol–water partition coefficient (Wildman–Crippen LogP) is 4.60. The zero-order chi connectivity index (χ0) is 19.2. The highest BCUT2D eigenvalue weighted by molar-refractivity contribution is 5.92. The van der Waals surface area contributed by atoms with Gasteiger partial charge in [0.15, 0.2) is 11.5 Å². The molecule has 0 spiro atoms. The highest BCUT2D eigenvalue weighted by Crippen LogP contribution is 2.29. The third-order valence-corrected chi connectivity index (χ3v) is 4.11. The van der Waals surface area contributed by atoms with Crippen molar-refractivity contribution >= 4 is 5.97 Å². The normalized spacial score (nSPS) is 10.2. The summed E-state index contributed by atoms with van der Waals surface area (Å²) in [6, 6.07) is 20.0. The summed E-state index contributed by atoms with van der Waals surface area (Å²) in [6.07, 6.45) is 0. The molecular formula is C22H20O5. The molecule has 0 aliphatic heterocycles. The van der Waals surface area contributed by atoms with E-state index in [1.807, 2.05) is 36.4 Å². The molecule has 0 saturated carbocycles. The summed E-state index contributed by atoms with van der Waals surface area (Å²) in [7, 11) is 4.70. The zero-order valence-corrected chi connectivity index (χ0v) is 15.4. The van der Waals surface area contributed by atoms with Gasteiger partial charge in [0.1, 0.15) is 11.5 Å². The first-order valence-corrected chi connectivity index (χ1v) is 8.33. The van der Waals surface area contributed by atoms with Gasteiger partial charge < -0.3 is 18.9 Å². The van der Waals surface area contributed by atoms with Gasteiger partial charge in [-0.2, -0.15) is 0 Å². The predicted molar refractivity (Wildman–Crippen MR) is 103 cm³/mol. The topological polar surface area (TPSA) is 54.0 Å². The van der Waals surface area contributed by atoms with Gasteiger partial charge in [-0.1, -0.05) is 24.3 Å². The molecule has 138 valence electrons. The fraction of sp³-hybridized carbons (Fsp3) is 0.136. The Morgan fingerprint density at radius 3 is 1.70 bits per heavy atom. The van der Waals surface area contributed by atoms with Gasteiger partial charge in [-0.15, -0.1) is 0 Å². The van der Waals surface area contributed by atoms with Crippen LogP contribution in [0.5, 0.6) is 23.0 Å². The van der Waals surface area contributed by atoms with E-state index in [0.717, 1.165) is 16.9 Å². The molecule has 0 fully saturated rings. The van der Waals surface area contributed by atoms with Crippen molar-refractivity contribution in [2.75, 3.05) is 21.3 Å². The van der Waals surface area contributed by atoms with E-state index in [1.54, 1.807) is 44.6 Å². The first-order valence-electron chi connectivity index (χ1n) is 8.33. The Hall–Kier alpha value is -3.47. The number of carbonyl (C=O) groups excluding carboxylic acids is 1. The van der Waals surface area contributed by atoms with Gasteiger partial charge in [0.2, 0.25) is 0 Å². The number of rotatable bonds is 6. The fourth-order valence-corrected chi connectivity index (χ4v) is 2.63. The highest BCUT2D eigenvalue weighted by Gasteiger charge is 2.13. The fourth-order valence-electron chi connectivity index (χ4n) is 2.63. The molecule has 3 aromatic rings. The Morgan fingerprint density at radius 1 is 0.630 bits per heavy atom. The van der Waals surface area contributed by atoms with Crippen molar-refractivity contribution < 1.29 is 23.7 Å². The molecule has 0 aliphatic rings. The van der Waals surface area contributed by atoms with Gasteiger partial charge in [-0.3, -0.25) is 0 Å². The van der Waals surface area contributed by atoms with Crippen LogP contribution in [0.15, 0.2) is 66.7 Å². The summed E-state index contributed by atoms with van der Waals surface area (Å²) in [5.74, 6) is 1.83. The minimum Gasteiger partial charge on any atom is -0.497 e. The number of methoxy groups -OCH3 is 3. The number of esters is 1. The summed E-state index contributed by atoms with van der Waals surface area (Å²) < 4.78 is 21.0. The van der Waals surface area contributed by atoms with Crippen molar-refractivity contribution in [3.05, 3.63) is 72.3 Å². The molecule has 0 aromatic heterocycles. The van der Waals surface area contributed by atoms with Crippen LogP contribution in [-0.2, 0) is 0 Å². The van der Waals surface area contributed by atoms with Gasteiger partial charge >= 0.3 is 5.97 Å². The molecule has 3 rings (SSSR count).